The molecule has 2 aromatic carbocycles. The summed E-state index contributed by atoms with van der Waals surface area (Å²) in [5.74, 6) is 0. The van der Waals surface area contributed by atoms with Crippen LogP contribution < -0.4 is 4.57 Å². The first kappa shape index (κ1) is 39.1. The summed E-state index contributed by atoms with van der Waals surface area (Å²) >= 11 is 0. The lowest BCUT2D eigenvalue weighted by Gasteiger charge is -2.37. The number of imidazole rings is 1. The molecular weight excluding hydrogens is 569 g/mol. The van der Waals surface area contributed by atoms with Gasteiger partial charge in [0.25, 0.3) is 0 Å². The predicted octanol–water partition coefficient (Wildman–Crippen LogP) is 13.5. The van der Waals surface area contributed by atoms with Crippen molar-refractivity contribution >= 4 is 0 Å². The van der Waals surface area contributed by atoms with Gasteiger partial charge in [0.1, 0.15) is 18.4 Å². The van der Waals surface area contributed by atoms with Crippen LogP contribution in [0.5, 0.6) is 0 Å². The largest absolute Gasteiger partial charge is 0.244 e. The van der Waals surface area contributed by atoms with Crippen LogP contribution >= 0.6 is 0 Å². The standard InChI is InChI=1S/C45H73N2/c1-4-6-8-10-12-14-16-17-19-21-23-31-37-46-38-39-47(41-46)44(36-30-22-20-18-15-13-11-9-7-5-2)45(3,43-34-28-25-29-35-43)40-42-32-26-24-27-33-42/h24-29,32-35,38-39,41,44H,4-23,30-31,36-37,40H2,1-3H3/q+1. The second kappa shape index (κ2) is 24.7. The minimum absolute atomic E-state index is 0.00867. The van der Waals surface area contributed by atoms with Crippen LogP contribution in [0.4, 0.5) is 0 Å². The third-order valence-electron chi connectivity index (χ3n) is 10.8. The average molecular weight is 642 g/mol. The molecule has 47 heavy (non-hydrogen) atoms. The van der Waals surface area contributed by atoms with Crippen molar-refractivity contribution in [2.45, 2.75) is 193 Å². The molecule has 0 aliphatic rings. The van der Waals surface area contributed by atoms with Gasteiger partial charge in [-0.25, -0.2) is 9.13 Å². The van der Waals surface area contributed by atoms with Gasteiger partial charge in [0, 0.05) is 5.41 Å². The van der Waals surface area contributed by atoms with E-state index in [4.69, 9.17) is 0 Å². The van der Waals surface area contributed by atoms with Gasteiger partial charge in [-0.3, -0.25) is 0 Å². The van der Waals surface area contributed by atoms with Crippen LogP contribution in [-0.2, 0) is 18.4 Å². The first-order chi connectivity index (χ1) is 23.2. The van der Waals surface area contributed by atoms with Crippen molar-refractivity contribution in [1.82, 2.24) is 4.57 Å². The van der Waals surface area contributed by atoms with Gasteiger partial charge in [0.15, 0.2) is 0 Å². The van der Waals surface area contributed by atoms with Crippen LogP contribution in [0.15, 0.2) is 79.4 Å². The zero-order valence-corrected chi connectivity index (χ0v) is 31.2. The van der Waals surface area contributed by atoms with Crippen LogP contribution in [-0.4, -0.2) is 4.57 Å². The van der Waals surface area contributed by atoms with Gasteiger partial charge in [-0.2, -0.15) is 0 Å². The highest BCUT2D eigenvalue weighted by Crippen LogP contribution is 2.41. The molecule has 0 bridgehead atoms. The second-order valence-electron chi connectivity index (χ2n) is 14.9. The lowest BCUT2D eigenvalue weighted by molar-refractivity contribution is -0.697. The fourth-order valence-corrected chi connectivity index (χ4v) is 7.74. The van der Waals surface area contributed by atoms with E-state index in [9.17, 15) is 0 Å². The summed E-state index contributed by atoms with van der Waals surface area (Å²) < 4.78 is 5.06. The molecule has 0 saturated heterocycles. The maximum Gasteiger partial charge on any atom is 0.244 e. The van der Waals surface area contributed by atoms with Crippen LogP contribution in [0.2, 0.25) is 0 Å². The number of rotatable bonds is 29. The van der Waals surface area contributed by atoms with E-state index < -0.39 is 0 Å². The Labute approximate surface area is 291 Å². The molecular formula is C45H73N2+. The highest BCUT2D eigenvalue weighted by atomic mass is 15.1. The van der Waals surface area contributed by atoms with Gasteiger partial charge < -0.3 is 0 Å². The van der Waals surface area contributed by atoms with Crippen LogP contribution in [0.3, 0.4) is 0 Å². The summed E-state index contributed by atoms with van der Waals surface area (Å²) in [6, 6.07) is 23.0. The molecule has 2 unspecified atom stereocenters. The summed E-state index contributed by atoms with van der Waals surface area (Å²) in [5.41, 5.74) is 2.90. The number of nitrogens with zero attached hydrogens (tertiary/aromatic N) is 2. The van der Waals surface area contributed by atoms with Crippen molar-refractivity contribution in [3.05, 3.63) is 90.5 Å². The highest BCUT2D eigenvalue weighted by Gasteiger charge is 2.40. The van der Waals surface area contributed by atoms with E-state index in [0.717, 1.165) is 13.0 Å². The SMILES string of the molecule is CCCCCCCCCCCCCC[n+]1ccn(C(CCCCCCCCCCCC)C(C)(Cc2ccccc2)c2ccccc2)c1. The van der Waals surface area contributed by atoms with Crippen LogP contribution in [0.1, 0.15) is 186 Å². The molecule has 1 aromatic heterocycles. The Kier molecular flexibility index (Phi) is 20.6. The third-order valence-corrected chi connectivity index (χ3v) is 10.8. The minimum Gasteiger partial charge on any atom is -0.237 e. The Morgan fingerprint density at radius 2 is 1.00 bits per heavy atom. The number of unbranched alkanes of at least 4 members (excludes halogenated alkanes) is 20. The van der Waals surface area contributed by atoms with E-state index in [1.54, 1.807) is 0 Å². The lowest BCUT2D eigenvalue weighted by Crippen LogP contribution is -2.38. The van der Waals surface area contributed by atoms with Crippen LogP contribution in [0, 0.1) is 0 Å². The average Bonchev–Trinajstić information content (AvgIpc) is 3.56. The van der Waals surface area contributed by atoms with Crippen molar-refractivity contribution in [2.24, 2.45) is 0 Å². The fourth-order valence-electron chi connectivity index (χ4n) is 7.74. The predicted molar refractivity (Wildman–Crippen MR) is 205 cm³/mol. The second-order valence-corrected chi connectivity index (χ2v) is 14.9. The summed E-state index contributed by atoms with van der Waals surface area (Å²) in [5, 5.41) is 0. The first-order valence-electron chi connectivity index (χ1n) is 20.3. The number of hydrogen-bond donors (Lipinski definition) is 0. The number of hydrogen-bond acceptors (Lipinski definition) is 0. The molecule has 0 N–H and O–H groups in total. The summed E-state index contributed by atoms with van der Waals surface area (Å²) in [4.78, 5) is 0. The van der Waals surface area contributed by atoms with E-state index in [-0.39, 0.29) is 5.41 Å². The van der Waals surface area contributed by atoms with Gasteiger partial charge in [-0.1, -0.05) is 203 Å². The molecule has 0 aliphatic heterocycles. The molecule has 0 spiro atoms. The highest BCUT2D eigenvalue weighted by molar-refractivity contribution is 5.30. The van der Waals surface area contributed by atoms with Gasteiger partial charge in [0.2, 0.25) is 6.33 Å². The Morgan fingerprint density at radius 1 is 0.553 bits per heavy atom. The molecule has 3 rings (SSSR count). The zero-order chi connectivity index (χ0) is 33.3. The lowest BCUT2D eigenvalue weighted by atomic mass is 9.70. The van der Waals surface area contributed by atoms with Gasteiger partial charge in [0.05, 0.1) is 6.54 Å². The monoisotopic (exact) mass is 642 g/mol. The third kappa shape index (κ3) is 15.6. The minimum atomic E-state index is 0.00867. The molecule has 1 heterocycles. The van der Waals surface area contributed by atoms with Gasteiger partial charge in [-0.05, 0) is 43.2 Å². The molecule has 3 aromatic rings. The summed E-state index contributed by atoms with van der Waals surface area (Å²) in [6.07, 6.45) is 40.2. The zero-order valence-electron chi connectivity index (χ0n) is 31.2. The summed E-state index contributed by atoms with van der Waals surface area (Å²) in [6.45, 7) is 8.28. The molecule has 0 aliphatic carbocycles. The first-order valence-corrected chi connectivity index (χ1v) is 20.3. The molecule has 2 heteroatoms. The van der Waals surface area contributed by atoms with Crippen molar-refractivity contribution in [3.63, 3.8) is 0 Å². The van der Waals surface area contributed by atoms with Crippen molar-refractivity contribution in [3.8, 4) is 0 Å². The van der Waals surface area contributed by atoms with Crippen molar-refractivity contribution < 1.29 is 4.57 Å². The molecule has 0 amide bonds. The quantitative estimate of drug-likeness (QED) is 0.0527. The van der Waals surface area contributed by atoms with E-state index in [1.807, 2.05) is 0 Å². The van der Waals surface area contributed by atoms with E-state index in [2.05, 4.69) is 109 Å². The molecule has 2 nitrogen and oxygen atoms in total. The normalized spacial score (nSPS) is 13.5. The van der Waals surface area contributed by atoms with E-state index in [0.29, 0.717) is 6.04 Å². The molecule has 0 radical (unpaired) electrons. The van der Waals surface area contributed by atoms with E-state index in [1.165, 1.54) is 159 Å². The maximum atomic E-state index is 2.59. The van der Waals surface area contributed by atoms with Gasteiger partial charge in [-0.15, -0.1) is 0 Å². The van der Waals surface area contributed by atoms with Crippen molar-refractivity contribution in [2.75, 3.05) is 0 Å². The molecule has 262 valence electrons. The molecule has 0 saturated carbocycles. The Balaban J connectivity index is 1.56. The van der Waals surface area contributed by atoms with Crippen molar-refractivity contribution in [1.29, 1.82) is 0 Å². The topological polar surface area (TPSA) is 8.81 Å². The summed E-state index contributed by atoms with van der Waals surface area (Å²) in [7, 11) is 0. The van der Waals surface area contributed by atoms with Gasteiger partial charge >= 0.3 is 0 Å². The maximum absolute atomic E-state index is 2.59. The Hall–Kier alpha value is -2.35. The Morgan fingerprint density at radius 3 is 1.51 bits per heavy atom. The number of aromatic nitrogens is 2. The molecule has 2 atom stereocenters. The van der Waals surface area contributed by atoms with Crippen LogP contribution in [0.25, 0.3) is 0 Å². The fraction of sp³-hybridized carbons (Fsp3) is 0.667. The smallest absolute Gasteiger partial charge is 0.237 e. The Bertz CT molecular complexity index is 1120. The molecule has 0 fully saturated rings. The number of benzene rings is 2. The van der Waals surface area contributed by atoms with E-state index >= 15 is 0 Å². The number of aryl methyl sites for hydroxylation is 1.